The molecule has 0 fully saturated rings. The normalized spacial score (nSPS) is 17.1. The van der Waals surface area contributed by atoms with Gasteiger partial charge in [0.1, 0.15) is 0 Å². The Hall–Kier alpha value is -1.34. The number of hydrogen-bond donors (Lipinski definition) is 0. The molecular formula is C26H25Cl2NZr. The summed E-state index contributed by atoms with van der Waals surface area (Å²) < 4.78 is 4.90. The Morgan fingerprint density at radius 2 is 1.60 bits per heavy atom. The second kappa shape index (κ2) is 9.03. The SMILES string of the molecule is CC1=CC[C]([Zr+2][CH]2C(n3c(C)c(C)c4ccccc43)=Cc3ccccc32)=C1C.[Cl-].[Cl-]. The summed E-state index contributed by atoms with van der Waals surface area (Å²) in [5.41, 5.74) is 11.7. The molecular weight excluding hydrogens is 488 g/mol. The van der Waals surface area contributed by atoms with Crippen LogP contribution in [0.4, 0.5) is 0 Å². The van der Waals surface area contributed by atoms with E-state index in [1.165, 1.54) is 45.4 Å². The first-order chi connectivity index (χ1) is 13.6. The van der Waals surface area contributed by atoms with Gasteiger partial charge in [-0.25, -0.2) is 0 Å². The minimum Gasteiger partial charge on any atom is -1.00 e. The van der Waals surface area contributed by atoms with E-state index in [0.29, 0.717) is 3.63 Å². The molecule has 0 radical (unpaired) electrons. The van der Waals surface area contributed by atoms with Crippen LogP contribution in [-0.2, 0) is 23.2 Å². The fourth-order valence-electron chi connectivity index (χ4n) is 4.66. The summed E-state index contributed by atoms with van der Waals surface area (Å²) in [7, 11) is 0. The van der Waals surface area contributed by atoms with Crippen LogP contribution in [0.15, 0.2) is 69.0 Å². The second-order valence-electron chi connectivity index (χ2n) is 8.03. The topological polar surface area (TPSA) is 4.93 Å². The predicted octanol–water partition coefficient (Wildman–Crippen LogP) is 1.03. The summed E-state index contributed by atoms with van der Waals surface area (Å²) in [6.45, 7) is 9.16. The van der Waals surface area contributed by atoms with Crippen molar-refractivity contribution >= 4 is 22.7 Å². The van der Waals surface area contributed by atoms with Crippen LogP contribution in [-0.4, -0.2) is 4.57 Å². The third kappa shape index (κ3) is 3.62. The van der Waals surface area contributed by atoms with Crippen molar-refractivity contribution in [2.24, 2.45) is 0 Å². The molecule has 1 heterocycles. The van der Waals surface area contributed by atoms with Gasteiger partial charge >= 0.3 is 180 Å². The van der Waals surface area contributed by atoms with Crippen molar-refractivity contribution in [3.8, 4) is 0 Å². The van der Waals surface area contributed by atoms with Crippen LogP contribution in [0.2, 0.25) is 0 Å². The number of aromatic nitrogens is 1. The summed E-state index contributed by atoms with van der Waals surface area (Å²) in [6, 6.07) is 17.9. The number of rotatable bonds is 3. The summed E-state index contributed by atoms with van der Waals surface area (Å²) in [6.07, 6.45) is 6.07. The molecule has 0 amide bonds. The maximum absolute atomic E-state index is 2.56. The summed E-state index contributed by atoms with van der Waals surface area (Å²) in [5, 5.41) is 1.38. The Bertz CT molecular complexity index is 1210. The van der Waals surface area contributed by atoms with Crippen LogP contribution in [0.1, 0.15) is 46.3 Å². The number of nitrogens with zero attached hydrogens (tertiary/aromatic N) is 1. The van der Waals surface area contributed by atoms with Crippen molar-refractivity contribution in [1.29, 1.82) is 0 Å². The van der Waals surface area contributed by atoms with E-state index in [0.717, 1.165) is 0 Å². The molecule has 0 saturated heterocycles. The number of halogens is 2. The Kier molecular flexibility index (Phi) is 7.02. The molecule has 0 saturated carbocycles. The van der Waals surface area contributed by atoms with E-state index in [2.05, 4.69) is 92.9 Å². The van der Waals surface area contributed by atoms with Crippen molar-refractivity contribution in [3.63, 3.8) is 0 Å². The van der Waals surface area contributed by atoms with E-state index in [4.69, 9.17) is 0 Å². The molecule has 2 aliphatic rings. The van der Waals surface area contributed by atoms with Crippen molar-refractivity contribution in [2.75, 3.05) is 0 Å². The van der Waals surface area contributed by atoms with Gasteiger partial charge in [-0.3, -0.25) is 0 Å². The first-order valence-corrected chi connectivity index (χ1v) is 12.7. The van der Waals surface area contributed by atoms with Crippen LogP contribution in [0.3, 0.4) is 0 Å². The van der Waals surface area contributed by atoms with E-state index in [1.54, 1.807) is 14.4 Å². The minimum absolute atomic E-state index is 0. The van der Waals surface area contributed by atoms with Crippen LogP contribution in [0, 0.1) is 13.8 Å². The van der Waals surface area contributed by atoms with Gasteiger partial charge in [0.15, 0.2) is 0 Å². The molecule has 1 atom stereocenters. The Morgan fingerprint density at radius 3 is 2.33 bits per heavy atom. The standard InChI is InChI=1S/C19H16N.C7H9.2ClH.Zr/c1-13-14(2)20(19-10-6-5-9-18(13)19)17-11-15-7-3-4-8-16(15)12-17;1-6-4-3-5-7(6)2;;;/h3-12H,1-2H3;4H,3H2,1-2H3;2*1H;/q;;;;+2/p-2. The largest absolute Gasteiger partial charge is 1.00 e. The first kappa shape index (κ1) is 23.3. The molecule has 1 unspecified atom stereocenters. The van der Waals surface area contributed by atoms with Gasteiger partial charge in [-0.15, -0.1) is 0 Å². The molecule has 152 valence electrons. The van der Waals surface area contributed by atoms with E-state index in [9.17, 15) is 0 Å². The fourth-order valence-corrected chi connectivity index (χ4v) is 8.98. The zero-order chi connectivity index (χ0) is 19.4. The number of aryl methyl sites for hydroxylation is 1. The maximum Gasteiger partial charge on any atom is -1.00 e. The zero-order valence-electron chi connectivity index (χ0n) is 17.8. The zero-order valence-corrected chi connectivity index (χ0v) is 21.7. The number of allylic oxidation sites excluding steroid dienone is 5. The van der Waals surface area contributed by atoms with Crippen LogP contribution in [0.5, 0.6) is 0 Å². The molecule has 1 aromatic heterocycles. The third-order valence-electron chi connectivity index (χ3n) is 6.57. The molecule has 0 bridgehead atoms. The molecule has 0 aliphatic heterocycles. The number of para-hydroxylation sites is 1. The van der Waals surface area contributed by atoms with E-state index >= 15 is 0 Å². The van der Waals surface area contributed by atoms with Gasteiger partial charge in [-0.05, 0) is 0 Å². The molecule has 4 heteroatoms. The Morgan fingerprint density at radius 1 is 0.900 bits per heavy atom. The fraction of sp³-hybridized carbons (Fsp3) is 0.231. The van der Waals surface area contributed by atoms with Gasteiger partial charge < -0.3 is 24.8 Å². The average Bonchev–Trinajstić information content (AvgIpc) is 3.31. The average molecular weight is 514 g/mol. The minimum atomic E-state index is -0.798. The molecule has 2 aliphatic carbocycles. The molecule has 5 rings (SSSR count). The second-order valence-corrected chi connectivity index (χ2v) is 11.6. The predicted molar refractivity (Wildman–Crippen MR) is 116 cm³/mol. The summed E-state index contributed by atoms with van der Waals surface area (Å²) in [4.78, 5) is 0. The molecule has 1 nitrogen and oxygen atoms in total. The molecule has 30 heavy (non-hydrogen) atoms. The van der Waals surface area contributed by atoms with Crippen molar-refractivity contribution in [3.05, 3.63) is 91.4 Å². The van der Waals surface area contributed by atoms with Crippen LogP contribution in [0.25, 0.3) is 22.7 Å². The number of benzene rings is 2. The van der Waals surface area contributed by atoms with Crippen LogP contribution < -0.4 is 24.8 Å². The molecule has 3 aromatic rings. The third-order valence-corrected chi connectivity index (χ3v) is 11.0. The quantitative estimate of drug-likeness (QED) is 0.493. The molecule has 2 aromatic carbocycles. The van der Waals surface area contributed by atoms with Gasteiger partial charge in [0.05, 0.1) is 0 Å². The number of hydrogen-bond acceptors (Lipinski definition) is 0. The Labute approximate surface area is 203 Å². The summed E-state index contributed by atoms with van der Waals surface area (Å²) in [5.74, 6) is 0. The first-order valence-electron chi connectivity index (χ1n) is 10.1. The maximum atomic E-state index is 2.56. The van der Waals surface area contributed by atoms with E-state index in [-0.39, 0.29) is 24.8 Å². The van der Waals surface area contributed by atoms with Crippen molar-refractivity contribution in [2.45, 2.75) is 37.7 Å². The monoisotopic (exact) mass is 511 g/mol. The van der Waals surface area contributed by atoms with Gasteiger partial charge in [0.2, 0.25) is 0 Å². The smallest absolute Gasteiger partial charge is 1.00 e. The van der Waals surface area contributed by atoms with Gasteiger partial charge in [-0.2, -0.15) is 0 Å². The van der Waals surface area contributed by atoms with Gasteiger partial charge in [0.25, 0.3) is 0 Å². The van der Waals surface area contributed by atoms with E-state index < -0.39 is 23.2 Å². The number of fused-ring (bicyclic) bond motifs is 2. The Balaban J connectivity index is 0.00000128. The van der Waals surface area contributed by atoms with Crippen LogP contribution >= 0.6 is 0 Å². The van der Waals surface area contributed by atoms with E-state index in [1.807, 2.05) is 0 Å². The van der Waals surface area contributed by atoms with Gasteiger partial charge in [-0.1, -0.05) is 0 Å². The van der Waals surface area contributed by atoms with Gasteiger partial charge in [0, 0.05) is 0 Å². The van der Waals surface area contributed by atoms with Crippen molar-refractivity contribution in [1.82, 2.24) is 4.57 Å². The van der Waals surface area contributed by atoms with Crippen molar-refractivity contribution < 1.29 is 48.0 Å². The molecule has 0 spiro atoms. The summed E-state index contributed by atoms with van der Waals surface area (Å²) >= 11 is -0.798. The molecule has 0 N–H and O–H groups in total.